The summed E-state index contributed by atoms with van der Waals surface area (Å²) in [4.78, 5) is 24.3. The Hall–Kier alpha value is -2.71. The number of hydrogen-bond acceptors (Lipinski definition) is 5. The predicted molar refractivity (Wildman–Crippen MR) is 103 cm³/mol. The van der Waals surface area contributed by atoms with Crippen molar-refractivity contribution >= 4 is 39.0 Å². The van der Waals surface area contributed by atoms with E-state index in [1.165, 1.54) is 11.3 Å². The van der Waals surface area contributed by atoms with Gasteiger partial charge in [-0.1, -0.05) is 0 Å². The molecular formula is C19H19N3O4S. The molecule has 0 radical (unpaired) electrons. The van der Waals surface area contributed by atoms with E-state index >= 15 is 0 Å². The number of rotatable bonds is 4. The van der Waals surface area contributed by atoms with E-state index in [0.717, 1.165) is 28.6 Å². The number of benzene rings is 1. The van der Waals surface area contributed by atoms with E-state index in [-0.39, 0.29) is 16.8 Å². The summed E-state index contributed by atoms with van der Waals surface area (Å²) in [5.41, 5.74) is 1.95. The summed E-state index contributed by atoms with van der Waals surface area (Å²) in [6, 6.07) is 8.96. The van der Waals surface area contributed by atoms with Gasteiger partial charge in [-0.05, 0) is 55.5 Å². The average molecular weight is 385 g/mol. The molecule has 27 heavy (non-hydrogen) atoms. The number of carbonyl (C=O) groups is 2. The molecule has 2 aromatic heterocycles. The lowest BCUT2D eigenvalue weighted by Crippen LogP contribution is -2.25. The molecule has 140 valence electrons. The maximum atomic E-state index is 12.8. The number of fused-ring (bicyclic) bond motifs is 1. The molecule has 3 heterocycles. The third-order valence-electron chi connectivity index (χ3n) is 4.61. The highest BCUT2D eigenvalue weighted by molar-refractivity contribution is 7.20. The molecular weight excluding hydrogens is 366 g/mol. The van der Waals surface area contributed by atoms with Crippen molar-refractivity contribution in [2.75, 3.05) is 18.5 Å². The minimum atomic E-state index is -0.947. The van der Waals surface area contributed by atoms with Crippen LogP contribution in [0.25, 0.3) is 10.1 Å². The summed E-state index contributed by atoms with van der Waals surface area (Å²) < 4.78 is 8.07. The molecule has 0 bridgehead atoms. The van der Waals surface area contributed by atoms with Crippen molar-refractivity contribution in [1.29, 1.82) is 0 Å². The first kappa shape index (κ1) is 17.7. The van der Waals surface area contributed by atoms with E-state index in [9.17, 15) is 9.59 Å². The van der Waals surface area contributed by atoms with Gasteiger partial charge < -0.3 is 15.2 Å². The molecule has 1 amide bonds. The molecule has 4 rings (SSSR count). The topological polar surface area (TPSA) is 93.5 Å². The van der Waals surface area contributed by atoms with Crippen LogP contribution < -0.4 is 5.32 Å². The Morgan fingerprint density at radius 1 is 1.26 bits per heavy atom. The van der Waals surface area contributed by atoms with Gasteiger partial charge in [0.1, 0.15) is 10.6 Å². The number of aromatic nitrogens is 2. The highest BCUT2D eigenvalue weighted by Crippen LogP contribution is 2.29. The maximum absolute atomic E-state index is 12.8. The van der Waals surface area contributed by atoms with E-state index in [2.05, 4.69) is 10.4 Å². The first-order valence-corrected chi connectivity index (χ1v) is 9.55. The molecule has 0 atom stereocenters. The van der Waals surface area contributed by atoms with Gasteiger partial charge in [-0.15, -0.1) is 11.3 Å². The molecule has 1 fully saturated rings. The summed E-state index contributed by atoms with van der Waals surface area (Å²) in [5.74, 6) is -1.17. The molecule has 8 heteroatoms. The van der Waals surface area contributed by atoms with Crippen molar-refractivity contribution in [2.45, 2.75) is 25.8 Å². The average Bonchev–Trinajstić information content (AvgIpc) is 3.26. The van der Waals surface area contributed by atoms with Crippen LogP contribution in [-0.4, -0.2) is 40.0 Å². The van der Waals surface area contributed by atoms with Gasteiger partial charge in [-0.3, -0.25) is 9.48 Å². The SMILES string of the molecule is Cc1cc(C(=O)Nc2ccc3sc(C(=O)O)cc3c2)n(C2CCOCC2)n1. The van der Waals surface area contributed by atoms with Gasteiger partial charge >= 0.3 is 5.97 Å². The lowest BCUT2D eigenvalue weighted by atomic mass is 10.1. The fourth-order valence-electron chi connectivity index (χ4n) is 3.32. The van der Waals surface area contributed by atoms with Crippen LogP contribution in [0.15, 0.2) is 30.3 Å². The van der Waals surface area contributed by atoms with Crippen LogP contribution >= 0.6 is 11.3 Å². The largest absolute Gasteiger partial charge is 0.477 e. The fourth-order valence-corrected chi connectivity index (χ4v) is 4.20. The maximum Gasteiger partial charge on any atom is 0.345 e. The minimum absolute atomic E-state index is 0.158. The lowest BCUT2D eigenvalue weighted by Gasteiger charge is -2.24. The van der Waals surface area contributed by atoms with E-state index in [4.69, 9.17) is 9.84 Å². The van der Waals surface area contributed by atoms with Crippen molar-refractivity contribution in [2.24, 2.45) is 0 Å². The molecule has 3 aromatic rings. The second-order valence-electron chi connectivity index (χ2n) is 6.58. The number of anilines is 1. The molecule has 1 aliphatic rings. The van der Waals surface area contributed by atoms with E-state index < -0.39 is 5.97 Å². The van der Waals surface area contributed by atoms with Gasteiger partial charge in [-0.25, -0.2) is 4.79 Å². The number of nitrogens with one attached hydrogen (secondary N) is 1. The van der Waals surface area contributed by atoms with Crippen molar-refractivity contribution in [3.63, 3.8) is 0 Å². The third-order valence-corrected chi connectivity index (χ3v) is 5.72. The van der Waals surface area contributed by atoms with Crippen LogP contribution in [0, 0.1) is 6.92 Å². The van der Waals surface area contributed by atoms with Gasteiger partial charge in [0.2, 0.25) is 0 Å². The standard InChI is InChI=1S/C19H19N3O4S/c1-11-8-15(22(21-11)14-4-6-26-7-5-14)18(23)20-13-2-3-16-12(9-13)10-17(27-16)19(24)25/h2-3,8-10,14H,4-7H2,1H3,(H,20,23)(H,24,25). The summed E-state index contributed by atoms with van der Waals surface area (Å²) >= 11 is 1.22. The zero-order valence-corrected chi connectivity index (χ0v) is 15.6. The van der Waals surface area contributed by atoms with Gasteiger partial charge in [0, 0.05) is 23.6 Å². The number of aryl methyl sites for hydroxylation is 1. The molecule has 0 saturated carbocycles. The second kappa shape index (κ2) is 7.13. The number of ether oxygens (including phenoxy) is 1. The Kier molecular flexibility index (Phi) is 4.67. The van der Waals surface area contributed by atoms with Gasteiger partial charge in [0.05, 0.1) is 11.7 Å². The number of carbonyl (C=O) groups excluding carboxylic acids is 1. The number of carboxylic acid groups (broad SMARTS) is 1. The van der Waals surface area contributed by atoms with Crippen molar-refractivity contribution in [3.8, 4) is 0 Å². The third kappa shape index (κ3) is 3.58. The monoisotopic (exact) mass is 385 g/mol. The van der Waals surface area contributed by atoms with Crippen molar-refractivity contribution < 1.29 is 19.4 Å². The highest BCUT2D eigenvalue weighted by atomic mass is 32.1. The normalized spacial score (nSPS) is 15.1. The van der Waals surface area contributed by atoms with Gasteiger partial charge in [0.25, 0.3) is 5.91 Å². The van der Waals surface area contributed by atoms with Crippen LogP contribution in [0.5, 0.6) is 0 Å². The molecule has 0 aliphatic carbocycles. The smallest absolute Gasteiger partial charge is 0.345 e. The molecule has 1 aromatic carbocycles. The number of carboxylic acids is 1. The predicted octanol–water partition coefficient (Wildman–Crippen LogP) is 3.71. The molecule has 7 nitrogen and oxygen atoms in total. The zero-order valence-electron chi connectivity index (χ0n) is 14.8. The van der Waals surface area contributed by atoms with E-state index in [1.807, 2.05) is 13.0 Å². The Morgan fingerprint density at radius 2 is 2.04 bits per heavy atom. The first-order chi connectivity index (χ1) is 13.0. The van der Waals surface area contributed by atoms with Crippen molar-refractivity contribution in [1.82, 2.24) is 9.78 Å². The summed E-state index contributed by atoms with van der Waals surface area (Å²) in [7, 11) is 0. The Bertz CT molecular complexity index is 1020. The van der Waals surface area contributed by atoms with Gasteiger partial charge in [-0.2, -0.15) is 5.10 Å². The van der Waals surface area contributed by atoms with Crippen LogP contribution in [-0.2, 0) is 4.74 Å². The van der Waals surface area contributed by atoms with Crippen LogP contribution in [0.4, 0.5) is 5.69 Å². The Balaban J connectivity index is 1.59. The fraction of sp³-hybridized carbons (Fsp3) is 0.316. The first-order valence-electron chi connectivity index (χ1n) is 8.73. The second-order valence-corrected chi connectivity index (χ2v) is 7.67. The zero-order chi connectivity index (χ0) is 19.0. The Morgan fingerprint density at radius 3 is 2.78 bits per heavy atom. The molecule has 0 unspecified atom stereocenters. The minimum Gasteiger partial charge on any atom is -0.477 e. The molecule has 2 N–H and O–H groups in total. The van der Waals surface area contributed by atoms with E-state index in [1.54, 1.807) is 28.9 Å². The van der Waals surface area contributed by atoms with Gasteiger partial charge in [0.15, 0.2) is 0 Å². The van der Waals surface area contributed by atoms with Crippen LogP contribution in [0.1, 0.15) is 44.7 Å². The summed E-state index contributed by atoms with van der Waals surface area (Å²) in [6.45, 7) is 3.22. The highest BCUT2D eigenvalue weighted by Gasteiger charge is 2.23. The summed E-state index contributed by atoms with van der Waals surface area (Å²) in [6.07, 6.45) is 1.67. The molecule has 1 saturated heterocycles. The van der Waals surface area contributed by atoms with E-state index in [0.29, 0.717) is 24.6 Å². The lowest BCUT2D eigenvalue weighted by molar-refractivity contribution is 0.0646. The number of hydrogen-bond donors (Lipinski definition) is 2. The summed E-state index contributed by atoms with van der Waals surface area (Å²) in [5, 5.41) is 17.3. The molecule has 0 spiro atoms. The number of aromatic carboxylic acids is 1. The number of nitrogens with zero attached hydrogens (tertiary/aromatic N) is 2. The molecule has 1 aliphatic heterocycles. The van der Waals surface area contributed by atoms with Crippen LogP contribution in [0.2, 0.25) is 0 Å². The number of amides is 1. The van der Waals surface area contributed by atoms with Crippen molar-refractivity contribution in [3.05, 3.63) is 46.6 Å². The Labute approximate surface area is 159 Å². The quantitative estimate of drug-likeness (QED) is 0.714. The van der Waals surface area contributed by atoms with Crippen LogP contribution in [0.3, 0.4) is 0 Å². The number of thiophene rings is 1.